The first-order valence-electron chi connectivity index (χ1n) is 8.55. The van der Waals surface area contributed by atoms with E-state index in [9.17, 15) is 4.79 Å². The Morgan fingerprint density at radius 3 is 2.44 bits per heavy atom. The average Bonchev–Trinajstić information content (AvgIpc) is 2.54. The van der Waals surface area contributed by atoms with Crippen LogP contribution in [-0.4, -0.2) is 26.3 Å². The highest BCUT2D eigenvalue weighted by Crippen LogP contribution is 2.48. The minimum absolute atomic E-state index is 0.0206. The van der Waals surface area contributed by atoms with Gasteiger partial charge in [-0.05, 0) is 23.5 Å². The fourth-order valence-electron chi connectivity index (χ4n) is 2.41. The topological polar surface area (TPSA) is 54.0 Å². The van der Waals surface area contributed by atoms with Crippen LogP contribution < -0.4 is 4.52 Å². The van der Waals surface area contributed by atoms with E-state index in [1.807, 2.05) is 12.1 Å². The summed E-state index contributed by atoms with van der Waals surface area (Å²) in [6, 6.07) is 6.03. The van der Waals surface area contributed by atoms with E-state index in [1.54, 1.807) is 0 Å². The molecule has 0 N–H and O–H groups in total. The van der Waals surface area contributed by atoms with E-state index in [0.29, 0.717) is 26.1 Å². The Morgan fingerprint density at radius 2 is 1.88 bits per heavy atom. The molecular weight excluding hydrogens is 339 g/mol. The molecule has 0 aliphatic carbocycles. The standard InChI is InChI=1S/C19H29O5P/c1-18(2,3)15-11-14(8-10-17(20)21-6)7-9-16(15)24-25-22-12-19(4,5)13-23-25/h7,9,11H,8,10,12-13H2,1-6H3. The fourth-order valence-corrected chi connectivity index (χ4v) is 3.82. The Hall–Kier alpha value is -1.16. The largest absolute Gasteiger partial charge is 0.469 e. The molecule has 2 rings (SSSR count). The Bertz CT molecular complexity index is 596. The van der Waals surface area contributed by atoms with Gasteiger partial charge in [-0.1, -0.05) is 46.8 Å². The summed E-state index contributed by atoms with van der Waals surface area (Å²) in [5, 5.41) is 0. The van der Waals surface area contributed by atoms with Gasteiger partial charge in [0.15, 0.2) is 0 Å². The summed E-state index contributed by atoms with van der Waals surface area (Å²) in [5.74, 6) is 0.577. The molecule has 0 saturated carbocycles. The lowest BCUT2D eigenvalue weighted by Crippen LogP contribution is -2.29. The van der Waals surface area contributed by atoms with Gasteiger partial charge in [0, 0.05) is 17.4 Å². The molecule has 1 aromatic carbocycles. The number of methoxy groups -OCH3 is 1. The molecule has 5 nitrogen and oxygen atoms in total. The Labute approximate surface area is 152 Å². The minimum Gasteiger partial charge on any atom is -0.469 e. The maximum absolute atomic E-state index is 11.4. The number of carbonyl (C=O) groups excluding carboxylic acids is 1. The van der Waals surface area contributed by atoms with Crippen molar-refractivity contribution < 1.29 is 23.1 Å². The molecule has 140 valence electrons. The summed E-state index contributed by atoms with van der Waals surface area (Å²) in [5.41, 5.74) is 2.09. The lowest BCUT2D eigenvalue weighted by molar-refractivity contribution is -0.140. The van der Waals surface area contributed by atoms with Crippen molar-refractivity contribution in [3.8, 4) is 5.75 Å². The van der Waals surface area contributed by atoms with Gasteiger partial charge in [-0.15, -0.1) is 0 Å². The van der Waals surface area contributed by atoms with Crippen LogP contribution in [0.15, 0.2) is 18.2 Å². The molecule has 0 radical (unpaired) electrons. The molecule has 0 amide bonds. The smallest absolute Gasteiger partial charge is 0.397 e. The summed E-state index contributed by atoms with van der Waals surface area (Å²) in [4.78, 5) is 11.4. The highest BCUT2D eigenvalue weighted by molar-refractivity contribution is 7.42. The van der Waals surface area contributed by atoms with Crippen LogP contribution in [0.4, 0.5) is 0 Å². The molecule has 1 aliphatic heterocycles. The van der Waals surface area contributed by atoms with E-state index in [1.165, 1.54) is 7.11 Å². The number of carbonyl (C=O) groups is 1. The summed E-state index contributed by atoms with van der Waals surface area (Å²) in [7, 11) is 0.0358. The van der Waals surface area contributed by atoms with Crippen molar-refractivity contribution in [1.29, 1.82) is 0 Å². The van der Waals surface area contributed by atoms with Crippen molar-refractivity contribution in [1.82, 2.24) is 0 Å². The molecule has 0 bridgehead atoms. The van der Waals surface area contributed by atoms with Crippen molar-refractivity contribution in [3.63, 3.8) is 0 Å². The van der Waals surface area contributed by atoms with Crippen LogP contribution in [-0.2, 0) is 30.4 Å². The Kier molecular flexibility index (Phi) is 6.47. The second-order valence-electron chi connectivity index (χ2n) is 8.18. The number of ether oxygens (including phenoxy) is 1. The number of aryl methyl sites for hydroxylation is 1. The van der Waals surface area contributed by atoms with Gasteiger partial charge in [-0.25, -0.2) is 0 Å². The molecule has 1 fully saturated rings. The average molecular weight is 368 g/mol. The normalized spacial score (nSPS) is 18.0. The maximum atomic E-state index is 11.4. The van der Waals surface area contributed by atoms with Gasteiger partial charge in [0.05, 0.1) is 20.3 Å². The third-order valence-corrected chi connectivity index (χ3v) is 5.02. The molecule has 0 unspecified atom stereocenters. The summed E-state index contributed by atoms with van der Waals surface area (Å²) in [6.45, 7) is 11.9. The van der Waals surface area contributed by atoms with E-state index in [0.717, 1.165) is 16.9 Å². The monoisotopic (exact) mass is 368 g/mol. The van der Waals surface area contributed by atoms with E-state index >= 15 is 0 Å². The van der Waals surface area contributed by atoms with E-state index in [4.69, 9.17) is 18.3 Å². The van der Waals surface area contributed by atoms with Gasteiger partial charge in [0.25, 0.3) is 0 Å². The van der Waals surface area contributed by atoms with Crippen molar-refractivity contribution in [3.05, 3.63) is 29.3 Å². The van der Waals surface area contributed by atoms with Gasteiger partial charge in [0.1, 0.15) is 5.75 Å². The number of hydrogen-bond donors (Lipinski definition) is 0. The molecule has 1 heterocycles. The lowest BCUT2D eigenvalue weighted by Gasteiger charge is -2.33. The number of benzene rings is 1. The van der Waals surface area contributed by atoms with Crippen molar-refractivity contribution in [2.45, 2.75) is 52.9 Å². The molecule has 1 saturated heterocycles. The van der Waals surface area contributed by atoms with Crippen LogP contribution in [0.2, 0.25) is 0 Å². The predicted octanol–water partition coefficient (Wildman–Crippen LogP) is 4.77. The van der Waals surface area contributed by atoms with Crippen LogP contribution in [0.1, 0.15) is 52.2 Å². The number of rotatable bonds is 5. The summed E-state index contributed by atoms with van der Waals surface area (Å²) < 4.78 is 22.2. The molecule has 25 heavy (non-hydrogen) atoms. The summed E-state index contributed by atoms with van der Waals surface area (Å²) >= 11 is 0. The minimum atomic E-state index is -1.37. The quantitative estimate of drug-likeness (QED) is 0.554. The molecule has 6 heteroatoms. The molecule has 0 aromatic heterocycles. The van der Waals surface area contributed by atoms with Crippen LogP contribution in [0.25, 0.3) is 0 Å². The van der Waals surface area contributed by atoms with Gasteiger partial charge in [-0.2, -0.15) is 0 Å². The highest BCUT2D eigenvalue weighted by Gasteiger charge is 2.32. The van der Waals surface area contributed by atoms with Crippen molar-refractivity contribution in [2.24, 2.45) is 5.41 Å². The third kappa shape index (κ3) is 5.95. The first-order chi connectivity index (χ1) is 11.6. The second kappa shape index (κ2) is 8.03. The number of hydrogen-bond acceptors (Lipinski definition) is 5. The zero-order chi connectivity index (χ0) is 18.7. The Morgan fingerprint density at radius 1 is 1.24 bits per heavy atom. The SMILES string of the molecule is COC(=O)CCc1ccc(OP2OCC(C)(C)CO2)c(C(C)(C)C)c1. The Balaban J connectivity index is 2.13. The second-order valence-corrected chi connectivity index (χ2v) is 9.33. The van der Waals surface area contributed by atoms with E-state index in [2.05, 4.69) is 40.7 Å². The van der Waals surface area contributed by atoms with Gasteiger partial charge < -0.3 is 18.3 Å². The molecule has 1 aromatic rings. The van der Waals surface area contributed by atoms with Gasteiger partial charge >= 0.3 is 14.6 Å². The first kappa shape index (κ1) is 20.2. The van der Waals surface area contributed by atoms with Crippen LogP contribution in [0.5, 0.6) is 5.75 Å². The predicted molar refractivity (Wildman–Crippen MR) is 98.7 cm³/mol. The highest BCUT2D eigenvalue weighted by atomic mass is 31.2. The maximum Gasteiger partial charge on any atom is 0.397 e. The van der Waals surface area contributed by atoms with Gasteiger partial charge in [-0.3, -0.25) is 4.79 Å². The summed E-state index contributed by atoms with van der Waals surface area (Å²) in [6.07, 6.45) is 1.01. The van der Waals surface area contributed by atoms with Crippen LogP contribution in [0, 0.1) is 5.41 Å². The fraction of sp³-hybridized carbons (Fsp3) is 0.632. The zero-order valence-corrected chi connectivity index (χ0v) is 16.9. The molecule has 0 atom stereocenters. The van der Waals surface area contributed by atoms with E-state index in [-0.39, 0.29) is 16.8 Å². The molecule has 0 spiro atoms. The van der Waals surface area contributed by atoms with E-state index < -0.39 is 8.60 Å². The molecule has 1 aliphatic rings. The van der Waals surface area contributed by atoms with Crippen molar-refractivity contribution >= 4 is 14.6 Å². The molecular formula is C19H29O5P. The van der Waals surface area contributed by atoms with Gasteiger partial charge in [0.2, 0.25) is 0 Å². The van der Waals surface area contributed by atoms with Crippen LogP contribution in [0.3, 0.4) is 0 Å². The van der Waals surface area contributed by atoms with Crippen LogP contribution >= 0.6 is 8.60 Å². The third-order valence-electron chi connectivity index (χ3n) is 3.99. The van der Waals surface area contributed by atoms with Crippen molar-refractivity contribution in [2.75, 3.05) is 20.3 Å². The lowest BCUT2D eigenvalue weighted by atomic mass is 9.85. The number of esters is 1. The first-order valence-corrected chi connectivity index (χ1v) is 9.64. The zero-order valence-electron chi connectivity index (χ0n) is 16.0.